The fourth-order valence-corrected chi connectivity index (χ4v) is 3.37. The summed E-state index contributed by atoms with van der Waals surface area (Å²) in [4.78, 5) is 20.9. The Hall–Kier alpha value is -1.72. The van der Waals surface area contributed by atoms with Gasteiger partial charge in [-0.15, -0.1) is 11.3 Å². The minimum atomic E-state index is 0.259. The van der Waals surface area contributed by atoms with Crippen LogP contribution in [0.2, 0.25) is 0 Å². The molecule has 0 saturated carbocycles. The summed E-state index contributed by atoms with van der Waals surface area (Å²) in [6.45, 7) is 4.56. The van der Waals surface area contributed by atoms with Crippen LogP contribution in [0.3, 0.4) is 0 Å². The van der Waals surface area contributed by atoms with Crippen molar-refractivity contribution >= 4 is 17.2 Å². The molecule has 4 nitrogen and oxygen atoms in total. The molecule has 0 unspecified atom stereocenters. The van der Waals surface area contributed by atoms with Crippen LogP contribution in [0.4, 0.5) is 0 Å². The van der Waals surface area contributed by atoms with Crippen molar-refractivity contribution < 1.29 is 4.79 Å². The molecule has 22 heavy (non-hydrogen) atoms. The topological polar surface area (TPSA) is 36.4 Å². The Kier molecular flexibility index (Phi) is 5.19. The Bertz CT molecular complexity index is 577. The highest BCUT2D eigenvalue weighted by Crippen LogP contribution is 2.11. The molecule has 0 bridgehead atoms. The zero-order chi connectivity index (χ0) is 15.2. The number of nitrogens with zero attached hydrogens (tertiary/aromatic N) is 3. The number of rotatable bonds is 5. The van der Waals surface area contributed by atoms with Gasteiger partial charge in [-0.25, -0.2) is 4.98 Å². The molecule has 0 spiro atoms. The number of hydrogen-bond acceptors (Lipinski definition) is 4. The Labute approximate surface area is 135 Å². The van der Waals surface area contributed by atoms with E-state index >= 15 is 0 Å². The van der Waals surface area contributed by atoms with E-state index in [9.17, 15) is 4.79 Å². The molecule has 116 valence electrons. The second kappa shape index (κ2) is 7.51. The van der Waals surface area contributed by atoms with Crippen LogP contribution < -0.4 is 0 Å². The van der Waals surface area contributed by atoms with Crippen molar-refractivity contribution in [3.63, 3.8) is 0 Å². The normalized spacial score (nSPS) is 15.9. The minimum Gasteiger partial charge on any atom is -0.340 e. The number of piperazine rings is 1. The van der Waals surface area contributed by atoms with Crippen LogP contribution in [0.15, 0.2) is 41.9 Å². The maximum absolute atomic E-state index is 12.2. The SMILES string of the molecule is O=C(CCc1nccs1)N1CCN(Cc2ccccc2)CC1. The highest BCUT2D eigenvalue weighted by atomic mass is 32.1. The van der Waals surface area contributed by atoms with Gasteiger partial charge < -0.3 is 4.90 Å². The summed E-state index contributed by atoms with van der Waals surface area (Å²) >= 11 is 1.62. The van der Waals surface area contributed by atoms with Crippen LogP contribution in [-0.2, 0) is 17.8 Å². The zero-order valence-electron chi connectivity index (χ0n) is 12.6. The van der Waals surface area contributed by atoms with E-state index in [2.05, 4.69) is 34.1 Å². The Balaban J connectivity index is 1.42. The molecule has 1 fully saturated rings. The van der Waals surface area contributed by atoms with Crippen LogP contribution in [0, 0.1) is 0 Å². The van der Waals surface area contributed by atoms with Gasteiger partial charge in [0.05, 0.1) is 5.01 Å². The average Bonchev–Trinajstić information content (AvgIpc) is 3.08. The standard InChI is InChI=1S/C17H21N3OS/c21-17(7-6-16-18-8-13-22-16)20-11-9-19(10-12-20)14-15-4-2-1-3-5-15/h1-5,8,13H,6-7,9-12,14H2. The van der Waals surface area contributed by atoms with Crippen molar-refractivity contribution in [2.24, 2.45) is 0 Å². The van der Waals surface area contributed by atoms with Crippen molar-refractivity contribution in [2.45, 2.75) is 19.4 Å². The number of carbonyl (C=O) groups excluding carboxylic acids is 1. The predicted octanol–water partition coefficient (Wildman–Crippen LogP) is 2.42. The summed E-state index contributed by atoms with van der Waals surface area (Å²) in [6, 6.07) is 10.5. The van der Waals surface area contributed by atoms with Crippen LogP contribution >= 0.6 is 11.3 Å². The van der Waals surface area contributed by atoms with E-state index in [0.29, 0.717) is 6.42 Å². The van der Waals surface area contributed by atoms with Gasteiger partial charge >= 0.3 is 0 Å². The maximum atomic E-state index is 12.2. The van der Waals surface area contributed by atoms with Crippen molar-refractivity contribution in [1.82, 2.24) is 14.8 Å². The number of thiazole rings is 1. The van der Waals surface area contributed by atoms with Gasteiger partial charge in [0.15, 0.2) is 0 Å². The number of aromatic nitrogens is 1. The lowest BCUT2D eigenvalue weighted by atomic mass is 10.2. The van der Waals surface area contributed by atoms with Gasteiger partial charge in [0, 0.05) is 57.1 Å². The van der Waals surface area contributed by atoms with Gasteiger partial charge in [0.1, 0.15) is 0 Å². The van der Waals surface area contributed by atoms with Crippen molar-refractivity contribution in [3.8, 4) is 0 Å². The molecule has 1 aliphatic heterocycles. The lowest BCUT2D eigenvalue weighted by Gasteiger charge is -2.34. The molecular formula is C17H21N3OS. The van der Waals surface area contributed by atoms with Gasteiger partial charge in [-0.3, -0.25) is 9.69 Å². The summed E-state index contributed by atoms with van der Waals surface area (Å²) in [5.74, 6) is 0.259. The third-order valence-corrected chi connectivity index (χ3v) is 4.85. The second-order valence-corrected chi connectivity index (χ2v) is 6.55. The fourth-order valence-electron chi connectivity index (χ4n) is 2.75. The monoisotopic (exact) mass is 315 g/mol. The van der Waals surface area contributed by atoms with E-state index in [1.165, 1.54) is 5.56 Å². The van der Waals surface area contributed by atoms with Crippen LogP contribution in [-0.4, -0.2) is 46.9 Å². The highest BCUT2D eigenvalue weighted by molar-refractivity contribution is 7.09. The smallest absolute Gasteiger partial charge is 0.223 e. The van der Waals surface area contributed by atoms with Gasteiger partial charge in [-0.1, -0.05) is 30.3 Å². The third-order valence-electron chi connectivity index (χ3n) is 4.01. The minimum absolute atomic E-state index is 0.259. The number of aryl methyl sites for hydroxylation is 1. The first-order valence-corrected chi connectivity index (χ1v) is 8.61. The van der Waals surface area contributed by atoms with Gasteiger partial charge in [0.2, 0.25) is 5.91 Å². The largest absolute Gasteiger partial charge is 0.340 e. The molecule has 1 saturated heterocycles. The molecule has 2 aromatic rings. The summed E-state index contributed by atoms with van der Waals surface area (Å²) in [7, 11) is 0. The molecule has 1 aromatic heterocycles. The lowest BCUT2D eigenvalue weighted by Crippen LogP contribution is -2.48. The van der Waals surface area contributed by atoms with E-state index in [0.717, 1.165) is 44.2 Å². The first-order chi connectivity index (χ1) is 10.8. The van der Waals surface area contributed by atoms with E-state index in [1.54, 1.807) is 17.5 Å². The van der Waals surface area contributed by atoms with E-state index in [1.807, 2.05) is 16.3 Å². The number of hydrogen-bond donors (Lipinski definition) is 0. The zero-order valence-corrected chi connectivity index (χ0v) is 13.5. The Morgan fingerprint density at radius 1 is 1.14 bits per heavy atom. The quantitative estimate of drug-likeness (QED) is 0.850. The van der Waals surface area contributed by atoms with E-state index in [-0.39, 0.29) is 5.91 Å². The van der Waals surface area contributed by atoms with Crippen molar-refractivity contribution in [3.05, 3.63) is 52.5 Å². The van der Waals surface area contributed by atoms with Crippen molar-refractivity contribution in [1.29, 1.82) is 0 Å². The third kappa shape index (κ3) is 4.15. The first-order valence-electron chi connectivity index (χ1n) is 7.74. The van der Waals surface area contributed by atoms with Gasteiger partial charge in [-0.2, -0.15) is 0 Å². The van der Waals surface area contributed by atoms with Crippen LogP contribution in [0.5, 0.6) is 0 Å². The molecule has 0 aliphatic carbocycles. The Morgan fingerprint density at radius 3 is 2.59 bits per heavy atom. The summed E-state index contributed by atoms with van der Waals surface area (Å²) < 4.78 is 0. The summed E-state index contributed by atoms with van der Waals surface area (Å²) in [6.07, 6.45) is 3.14. The Morgan fingerprint density at radius 2 is 1.91 bits per heavy atom. The molecule has 0 radical (unpaired) electrons. The summed E-state index contributed by atoms with van der Waals surface area (Å²) in [5, 5.41) is 3.01. The molecular weight excluding hydrogens is 294 g/mol. The van der Waals surface area contributed by atoms with E-state index in [4.69, 9.17) is 0 Å². The van der Waals surface area contributed by atoms with Crippen LogP contribution in [0.1, 0.15) is 17.0 Å². The molecule has 0 N–H and O–H groups in total. The maximum Gasteiger partial charge on any atom is 0.223 e. The van der Waals surface area contributed by atoms with E-state index < -0.39 is 0 Å². The molecule has 1 aromatic carbocycles. The fraction of sp³-hybridized carbons (Fsp3) is 0.412. The van der Waals surface area contributed by atoms with Gasteiger partial charge in [-0.05, 0) is 5.56 Å². The number of benzene rings is 1. The second-order valence-electron chi connectivity index (χ2n) is 5.57. The van der Waals surface area contributed by atoms with Crippen LogP contribution in [0.25, 0.3) is 0 Å². The number of amides is 1. The molecule has 1 aliphatic rings. The first kappa shape index (κ1) is 15.2. The molecule has 0 atom stereocenters. The summed E-state index contributed by atoms with van der Waals surface area (Å²) in [5.41, 5.74) is 1.34. The van der Waals surface area contributed by atoms with Gasteiger partial charge in [0.25, 0.3) is 0 Å². The lowest BCUT2D eigenvalue weighted by molar-refractivity contribution is -0.133. The molecule has 5 heteroatoms. The average molecular weight is 315 g/mol. The predicted molar refractivity (Wildman–Crippen MR) is 88.7 cm³/mol. The highest BCUT2D eigenvalue weighted by Gasteiger charge is 2.20. The molecule has 2 heterocycles. The molecule has 3 rings (SSSR count). The number of carbonyl (C=O) groups is 1. The molecule has 1 amide bonds. The van der Waals surface area contributed by atoms with Crippen molar-refractivity contribution in [2.75, 3.05) is 26.2 Å².